The van der Waals surface area contributed by atoms with Gasteiger partial charge in [-0.05, 0) is 12.1 Å². The maximum atomic E-state index is 12.8. The third kappa shape index (κ3) is 2.33. The van der Waals surface area contributed by atoms with E-state index in [4.69, 9.17) is 9.47 Å². The van der Waals surface area contributed by atoms with Crippen LogP contribution >= 0.6 is 0 Å². The Bertz CT molecular complexity index is 644. The zero-order chi connectivity index (χ0) is 14.8. The van der Waals surface area contributed by atoms with Crippen LogP contribution in [-0.4, -0.2) is 41.5 Å². The van der Waals surface area contributed by atoms with E-state index in [0.29, 0.717) is 30.2 Å². The van der Waals surface area contributed by atoms with E-state index in [1.54, 1.807) is 43.6 Å². The molecule has 1 aromatic carbocycles. The van der Waals surface area contributed by atoms with E-state index in [1.165, 1.54) is 0 Å². The maximum Gasteiger partial charge on any atom is 0.261 e. The van der Waals surface area contributed by atoms with Crippen molar-refractivity contribution in [1.29, 1.82) is 0 Å². The molecular formula is C15H17N3O3. The molecule has 3 rings (SSSR count). The lowest BCUT2D eigenvalue weighted by molar-refractivity contribution is 0.0725. The second kappa shape index (κ2) is 5.47. The van der Waals surface area contributed by atoms with Crippen LogP contribution in [0.15, 0.2) is 24.5 Å². The smallest absolute Gasteiger partial charge is 0.261 e. The van der Waals surface area contributed by atoms with Crippen molar-refractivity contribution in [2.75, 3.05) is 20.8 Å². The molecular weight excluding hydrogens is 270 g/mol. The number of fused-ring (bicyclic) bond motifs is 1. The number of aromatic amines is 1. The van der Waals surface area contributed by atoms with E-state index < -0.39 is 0 Å². The Morgan fingerprint density at radius 3 is 2.67 bits per heavy atom. The second-order valence-corrected chi connectivity index (χ2v) is 4.84. The number of hydrogen-bond acceptors (Lipinski definition) is 4. The summed E-state index contributed by atoms with van der Waals surface area (Å²) >= 11 is 0. The highest BCUT2D eigenvalue weighted by molar-refractivity contribution is 5.99. The average Bonchev–Trinajstić information content (AvgIpc) is 3.00. The fourth-order valence-electron chi connectivity index (χ4n) is 2.61. The van der Waals surface area contributed by atoms with Gasteiger partial charge < -0.3 is 19.4 Å². The lowest BCUT2D eigenvalue weighted by atomic mass is 10.1. The highest BCUT2D eigenvalue weighted by Gasteiger charge is 2.27. The zero-order valence-electron chi connectivity index (χ0n) is 12.0. The molecule has 0 atom stereocenters. The molecule has 6 heteroatoms. The Hall–Kier alpha value is -2.50. The van der Waals surface area contributed by atoms with Gasteiger partial charge in [0.15, 0.2) is 0 Å². The topological polar surface area (TPSA) is 67.5 Å². The van der Waals surface area contributed by atoms with E-state index in [9.17, 15) is 4.79 Å². The highest BCUT2D eigenvalue weighted by atomic mass is 16.5. The number of nitrogens with one attached hydrogen (secondary N) is 1. The van der Waals surface area contributed by atoms with Crippen LogP contribution in [0.25, 0.3) is 0 Å². The highest BCUT2D eigenvalue weighted by Crippen LogP contribution is 2.30. The first-order valence-corrected chi connectivity index (χ1v) is 6.76. The minimum Gasteiger partial charge on any atom is -0.496 e. The Kier molecular flexibility index (Phi) is 3.51. The van der Waals surface area contributed by atoms with Crippen molar-refractivity contribution in [1.82, 2.24) is 14.9 Å². The largest absolute Gasteiger partial charge is 0.496 e. The van der Waals surface area contributed by atoms with Gasteiger partial charge in [-0.2, -0.15) is 0 Å². The van der Waals surface area contributed by atoms with Crippen LogP contribution in [0, 0.1) is 0 Å². The lowest BCUT2D eigenvalue weighted by Gasteiger charge is -2.27. The molecule has 0 saturated heterocycles. The van der Waals surface area contributed by atoms with Crippen molar-refractivity contribution >= 4 is 5.91 Å². The lowest BCUT2D eigenvalue weighted by Crippen LogP contribution is -2.36. The number of hydrogen-bond donors (Lipinski definition) is 1. The monoisotopic (exact) mass is 287 g/mol. The second-order valence-electron chi connectivity index (χ2n) is 4.84. The molecule has 0 saturated carbocycles. The van der Waals surface area contributed by atoms with Crippen LogP contribution in [0.2, 0.25) is 0 Å². The molecule has 1 amide bonds. The number of carbonyl (C=O) groups excluding carboxylic acids is 1. The van der Waals surface area contributed by atoms with E-state index >= 15 is 0 Å². The molecule has 1 aromatic heterocycles. The minimum absolute atomic E-state index is 0.0930. The van der Waals surface area contributed by atoms with Crippen LogP contribution < -0.4 is 9.47 Å². The number of carbonyl (C=O) groups is 1. The third-order valence-corrected chi connectivity index (χ3v) is 3.70. The summed E-state index contributed by atoms with van der Waals surface area (Å²) in [5.41, 5.74) is 2.49. The van der Waals surface area contributed by atoms with Crippen LogP contribution in [0.3, 0.4) is 0 Å². The van der Waals surface area contributed by atoms with Gasteiger partial charge in [-0.1, -0.05) is 6.07 Å². The molecule has 2 heterocycles. The van der Waals surface area contributed by atoms with Crippen molar-refractivity contribution in [3.63, 3.8) is 0 Å². The molecule has 2 aromatic rings. The molecule has 1 aliphatic heterocycles. The first-order chi connectivity index (χ1) is 10.2. The van der Waals surface area contributed by atoms with Gasteiger partial charge in [0.1, 0.15) is 17.1 Å². The van der Waals surface area contributed by atoms with E-state index in [2.05, 4.69) is 9.97 Å². The van der Waals surface area contributed by atoms with Gasteiger partial charge in [-0.15, -0.1) is 0 Å². The summed E-state index contributed by atoms with van der Waals surface area (Å²) in [5, 5.41) is 0. The van der Waals surface area contributed by atoms with Gasteiger partial charge in [0.25, 0.3) is 5.91 Å². The molecule has 110 valence electrons. The van der Waals surface area contributed by atoms with Gasteiger partial charge in [-0.25, -0.2) is 4.98 Å². The van der Waals surface area contributed by atoms with Gasteiger partial charge in [0.05, 0.1) is 38.5 Å². The quantitative estimate of drug-likeness (QED) is 0.931. The summed E-state index contributed by atoms with van der Waals surface area (Å²) in [5.74, 6) is 0.953. The van der Waals surface area contributed by atoms with Crippen LogP contribution in [-0.2, 0) is 13.0 Å². The van der Waals surface area contributed by atoms with Crippen molar-refractivity contribution in [3.05, 3.63) is 41.5 Å². The molecule has 0 unspecified atom stereocenters. The predicted octanol–water partition coefficient (Wildman–Crippen LogP) is 1.63. The average molecular weight is 287 g/mol. The zero-order valence-corrected chi connectivity index (χ0v) is 12.0. The molecule has 21 heavy (non-hydrogen) atoms. The van der Waals surface area contributed by atoms with Crippen LogP contribution in [0.4, 0.5) is 0 Å². The summed E-state index contributed by atoms with van der Waals surface area (Å²) in [6, 6.07) is 5.33. The van der Waals surface area contributed by atoms with Crippen molar-refractivity contribution in [2.45, 2.75) is 13.0 Å². The predicted molar refractivity (Wildman–Crippen MR) is 76.6 cm³/mol. The summed E-state index contributed by atoms with van der Waals surface area (Å²) < 4.78 is 10.6. The standard InChI is InChI=1S/C15H17N3O3/c1-20-12-4-3-5-13(21-2)14(12)15(19)18-7-6-10-11(8-18)17-9-16-10/h3-5,9H,6-8H2,1-2H3,(H,16,17). The molecule has 1 N–H and O–H groups in total. The summed E-state index contributed by atoms with van der Waals surface area (Å²) in [6.45, 7) is 1.16. The Morgan fingerprint density at radius 2 is 2.00 bits per heavy atom. The number of ether oxygens (including phenoxy) is 2. The Balaban J connectivity index is 1.93. The molecule has 1 aliphatic rings. The van der Waals surface area contributed by atoms with Crippen molar-refractivity contribution < 1.29 is 14.3 Å². The molecule has 0 fully saturated rings. The number of rotatable bonds is 3. The first kappa shape index (κ1) is 13.5. The van der Waals surface area contributed by atoms with E-state index in [1.807, 2.05) is 0 Å². The Morgan fingerprint density at radius 1 is 1.29 bits per heavy atom. The summed E-state index contributed by atoms with van der Waals surface area (Å²) in [7, 11) is 3.10. The fraction of sp³-hybridized carbons (Fsp3) is 0.333. The number of nitrogens with zero attached hydrogens (tertiary/aromatic N) is 2. The SMILES string of the molecule is COc1cccc(OC)c1C(=O)N1CCc2nc[nH]c2C1. The van der Waals surface area contributed by atoms with Crippen LogP contribution in [0.1, 0.15) is 21.7 Å². The van der Waals surface area contributed by atoms with Gasteiger partial charge in [0.2, 0.25) is 0 Å². The van der Waals surface area contributed by atoms with Crippen molar-refractivity contribution in [3.8, 4) is 11.5 Å². The van der Waals surface area contributed by atoms with E-state index in [-0.39, 0.29) is 5.91 Å². The van der Waals surface area contributed by atoms with E-state index in [0.717, 1.165) is 17.8 Å². The van der Waals surface area contributed by atoms with Crippen molar-refractivity contribution in [2.24, 2.45) is 0 Å². The third-order valence-electron chi connectivity index (χ3n) is 3.70. The van der Waals surface area contributed by atoms with Gasteiger partial charge >= 0.3 is 0 Å². The maximum absolute atomic E-state index is 12.8. The van der Waals surface area contributed by atoms with Crippen LogP contribution in [0.5, 0.6) is 11.5 Å². The summed E-state index contributed by atoms with van der Waals surface area (Å²) in [6.07, 6.45) is 2.42. The number of H-pyrrole nitrogens is 1. The minimum atomic E-state index is -0.0930. The number of benzene rings is 1. The summed E-state index contributed by atoms with van der Waals surface area (Å²) in [4.78, 5) is 21.9. The Labute approximate surface area is 122 Å². The van der Waals surface area contributed by atoms with Gasteiger partial charge in [0, 0.05) is 13.0 Å². The molecule has 0 radical (unpaired) electrons. The number of amides is 1. The number of methoxy groups -OCH3 is 2. The molecule has 0 aliphatic carbocycles. The number of imidazole rings is 1. The first-order valence-electron chi connectivity index (χ1n) is 6.76. The number of aromatic nitrogens is 2. The molecule has 6 nitrogen and oxygen atoms in total. The molecule has 0 bridgehead atoms. The molecule has 0 spiro atoms. The van der Waals surface area contributed by atoms with Gasteiger partial charge in [-0.3, -0.25) is 4.79 Å². The fourth-order valence-corrected chi connectivity index (χ4v) is 2.61. The normalized spacial score (nSPS) is 13.7.